The first-order chi connectivity index (χ1) is 11.8. The topological polar surface area (TPSA) is 96.1 Å². The van der Waals surface area contributed by atoms with Crippen molar-refractivity contribution in [3.8, 4) is 0 Å². The van der Waals surface area contributed by atoms with E-state index in [0.717, 1.165) is 29.4 Å². The van der Waals surface area contributed by atoms with E-state index in [9.17, 15) is 9.59 Å². The first-order valence-electron chi connectivity index (χ1n) is 8.54. The maximum atomic E-state index is 12.5. The number of alkyl carbamates (subject to hydrolysis) is 1. The molecule has 7 heteroatoms. The predicted molar refractivity (Wildman–Crippen MR) is 95.2 cm³/mol. The van der Waals surface area contributed by atoms with Gasteiger partial charge in [0.05, 0.1) is 11.7 Å². The third-order valence-corrected chi connectivity index (χ3v) is 4.23. The summed E-state index contributed by atoms with van der Waals surface area (Å²) in [5.41, 5.74) is 1.16. The van der Waals surface area contributed by atoms with Crippen molar-refractivity contribution in [3.63, 3.8) is 0 Å². The second-order valence-electron chi connectivity index (χ2n) is 7.51. The van der Waals surface area contributed by atoms with Crippen LogP contribution >= 0.6 is 0 Å². The van der Waals surface area contributed by atoms with Gasteiger partial charge in [0, 0.05) is 23.0 Å². The summed E-state index contributed by atoms with van der Waals surface area (Å²) in [7, 11) is 0. The lowest BCUT2D eigenvalue weighted by molar-refractivity contribution is -0.119. The highest BCUT2D eigenvalue weighted by Gasteiger charge is 2.31. The number of nitrogens with zero attached hydrogens (tertiary/aromatic N) is 1. The molecule has 2 aromatic rings. The van der Waals surface area contributed by atoms with Crippen LogP contribution in [0.15, 0.2) is 24.4 Å². The summed E-state index contributed by atoms with van der Waals surface area (Å²) in [4.78, 5) is 24.3. The van der Waals surface area contributed by atoms with E-state index >= 15 is 0 Å². The molecular weight excluding hydrogens is 320 g/mol. The molecule has 1 aliphatic carbocycles. The molecule has 0 saturated heterocycles. The lowest BCUT2D eigenvalue weighted by Crippen LogP contribution is -2.38. The standard InChI is InChI=1S/C18H24N4O3/c1-18(2,3)25-17(24)21-14-5-4-11(8-14)16(23)20-13-6-7-15-12(9-13)10-19-22-15/h6-7,9-11,14H,4-5,8H2,1-3H3,(H,19,22)(H,20,23)(H,21,24)/t11-,14+/m1/s1. The number of aromatic nitrogens is 2. The molecule has 1 saturated carbocycles. The van der Waals surface area contributed by atoms with Gasteiger partial charge in [-0.25, -0.2) is 4.79 Å². The van der Waals surface area contributed by atoms with E-state index in [1.165, 1.54) is 0 Å². The van der Waals surface area contributed by atoms with E-state index in [2.05, 4.69) is 20.8 Å². The van der Waals surface area contributed by atoms with Gasteiger partial charge in [-0.05, 0) is 58.2 Å². The molecular formula is C18H24N4O3. The van der Waals surface area contributed by atoms with E-state index in [-0.39, 0.29) is 17.9 Å². The van der Waals surface area contributed by atoms with E-state index in [1.807, 2.05) is 39.0 Å². The minimum atomic E-state index is -0.523. The molecule has 2 atom stereocenters. The summed E-state index contributed by atoms with van der Waals surface area (Å²) in [6.45, 7) is 5.48. The number of carbonyl (C=O) groups is 2. The van der Waals surface area contributed by atoms with Gasteiger partial charge in [0.2, 0.25) is 5.91 Å². The molecule has 0 bridgehead atoms. The molecule has 0 spiro atoms. The van der Waals surface area contributed by atoms with Crippen LogP contribution in [0.5, 0.6) is 0 Å². The van der Waals surface area contributed by atoms with Crippen molar-refractivity contribution in [1.82, 2.24) is 15.5 Å². The fraction of sp³-hybridized carbons (Fsp3) is 0.500. The molecule has 1 aliphatic rings. The highest BCUT2D eigenvalue weighted by Crippen LogP contribution is 2.27. The number of aromatic amines is 1. The van der Waals surface area contributed by atoms with Crippen LogP contribution in [0.4, 0.5) is 10.5 Å². The van der Waals surface area contributed by atoms with Gasteiger partial charge in [-0.3, -0.25) is 9.89 Å². The summed E-state index contributed by atoms with van der Waals surface area (Å²) in [5, 5.41) is 13.6. The molecule has 1 aromatic carbocycles. The van der Waals surface area contributed by atoms with E-state index in [0.29, 0.717) is 6.42 Å². The number of nitrogens with one attached hydrogen (secondary N) is 3. The average Bonchev–Trinajstić information content (AvgIpc) is 3.13. The SMILES string of the molecule is CC(C)(C)OC(=O)N[C@H]1CC[C@@H](C(=O)Nc2ccc3[nH]ncc3c2)C1. The third-order valence-electron chi connectivity index (χ3n) is 4.23. The molecule has 3 N–H and O–H groups in total. The first kappa shape index (κ1) is 17.3. The monoisotopic (exact) mass is 344 g/mol. The minimum absolute atomic E-state index is 0.0173. The summed E-state index contributed by atoms with van der Waals surface area (Å²) in [6, 6.07) is 5.60. The number of benzene rings is 1. The lowest BCUT2D eigenvalue weighted by Gasteiger charge is -2.21. The third kappa shape index (κ3) is 4.49. The Morgan fingerprint density at radius 1 is 1.28 bits per heavy atom. The maximum Gasteiger partial charge on any atom is 0.407 e. The highest BCUT2D eigenvalue weighted by molar-refractivity contribution is 5.95. The van der Waals surface area contributed by atoms with Crippen LogP contribution in [0.25, 0.3) is 10.9 Å². The van der Waals surface area contributed by atoms with Crippen LogP contribution in [-0.2, 0) is 9.53 Å². The highest BCUT2D eigenvalue weighted by atomic mass is 16.6. The zero-order valence-corrected chi connectivity index (χ0v) is 14.8. The second-order valence-corrected chi connectivity index (χ2v) is 7.51. The Hall–Kier alpha value is -2.57. The van der Waals surface area contributed by atoms with Crippen molar-refractivity contribution in [2.24, 2.45) is 5.92 Å². The second kappa shape index (κ2) is 6.74. The van der Waals surface area contributed by atoms with Gasteiger partial charge in [0.1, 0.15) is 5.60 Å². The molecule has 1 aromatic heterocycles. The number of fused-ring (bicyclic) bond motifs is 1. The number of hydrogen-bond donors (Lipinski definition) is 3. The van der Waals surface area contributed by atoms with Crippen molar-refractivity contribution in [2.45, 2.75) is 51.7 Å². The van der Waals surface area contributed by atoms with E-state index in [1.54, 1.807) is 6.20 Å². The minimum Gasteiger partial charge on any atom is -0.444 e. The van der Waals surface area contributed by atoms with Crippen molar-refractivity contribution < 1.29 is 14.3 Å². The van der Waals surface area contributed by atoms with Crippen LogP contribution in [0.3, 0.4) is 0 Å². The zero-order chi connectivity index (χ0) is 18.0. The Balaban J connectivity index is 1.52. The van der Waals surface area contributed by atoms with Crippen LogP contribution in [0, 0.1) is 5.92 Å². The molecule has 3 rings (SSSR count). The Morgan fingerprint density at radius 3 is 2.84 bits per heavy atom. The smallest absolute Gasteiger partial charge is 0.407 e. The molecule has 2 amide bonds. The van der Waals surface area contributed by atoms with E-state index < -0.39 is 11.7 Å². The molecule has 1 heterocycles. The summed E-state index contributed by atoms with van der Waals surface area (Å²) in [6.07, 6.45) is 3.45. The number of rotatable bonds is 3. The van der Waals surface area contributed by atoms with Crippen LogP contribution in [0.2, 0.25) is 0 Å². The summed E-state index contributed by atoms with van der Waals surface area (Å²) < 4.78 is 5.26. The van der Waals surface area contributed by atoms with Crippen LogP contribution in [-0.4, -0.2) is 33.8 Å². The van der Waals surface area contributed by atoms with Gasteiger partial charge < -0.3 is 15.4 Å². The van der Waals surface area contributed by atoms with Crippen molar-refractivity contribution in [2.75, 3.05) is 5.32 Å². The molecule has 0 radical (unpaired) electrons. The Labute approximate surface area is 146 Å². The molecule has 134 valence electrons. The van der Waals surface area contributed by atoms with Gasteiger partial charge in [-0.15, -0.1) is 0 Å². The van der Waals surface area contributed by atoms with Crippen molar-refractivity contribution in [3.05, 3.63) is 24.4 Å². The number of amides is 2. The fourth-order valence-electron chi connectivity index (χ4n) is 3.09. The summed E-state index contributed by atoms with van der Waals surface area (Å²) in [5.74, 6) is -0.128. The van der Waals surface area contributed by atoms with Gasteiger partial charge in [-0.2, -0.15) is 5.10 Å². The van der Waals surface area contributed by atoms with Crippen LogP contribution in [0.1, 0.15) is 40.0 Å². The number of ether oxygens (including phenoxy) is 1. The van der Waals surface area contributed by atoms with E-state index in [4.69, 9.17) is 4.74 Å². The first-order valence-corrected chi connectivity index (χ1v) is 8.54. The zero-order valence-electron chi connectivity index (χ0n) is 14.8. The largest absolute Gasteiger partial charge is 0.444 e. The summed E-state index contributed by atoms with van der Waals surface area (Å²) >= 11 is 0. The Kier molecular flexibility index (Phi) is 4.65. The quantitative estimate of drug-likeness (QED) is 0.796. The molecule has 0 aliphatic heterocycles. The van der Waals surface area contributed by atoms with Crippen LogP contribution < -0.4 is 10.6 Å². The predicted octanol–water partition coefficient (Wildman–Crippen LogP) is 3.19. The number of H-pyrrole nitrogens is 1. The van der Waals surface area contributed by atoms with Gasteiger partial charge >= 0.3 is 6.09 Å². The number of hydrogen-bond acceptors (Lipinski definition) is 4. The van der Waals surface area contributed by atoms with Crippen molar-refractivity contribution >= 4 is 28.6 Å². The van der Waals surface area contributed by atoms with Gasteiger partial charge in [-0.1, -0.05) is 0 Å². The molecule has 25 heavy (non-hydrogen) atoms. The molecule has 1 fully saturated rings. The number of anilines is 1. The Morgan fingerprint density at radius 2 is 2.08 bits per heavy atom. The lowest BCUT2D eigenvalue weighted by atomic mass is 10.1. The maximum absolute atomic E-state index is 12.5. The molecule has 0 unspecified atom stereocenters. The molecule has 7 nitrogen and oxygen atoms in total. The Bertz CT molecular complexity index is 778. The fourth-order valence-corrected chi connectivity index (χ4v) is 3.09. The van der Waals surface area contributed by atoms with Gasteiger partial charge in [0.15, 0.2) is 0 Å². The van der Waals surface area contributed by atoms with Crippen molar-refractivity contribution in [1.29, 1.82) is 0 Å². The average molecular weight is 344 g/mol. The normalized spacial score (nSPS) is 20.4. The number of carbonyl (C=O) groups excluding carboxylic acids is 2. The van der Waals surface area contributed by atoms with Gasteiger partial charge in [0.25, 0.3) is 0 Å².